The number of halogens is 1. The summed E-state index contributed by atoms with van der Waals surface area (Å²) < 4.78 is 0. The first-order valence-electron chi connectivity index (χ1n) is 4.15. The van der Waals surface area contributed by atoms with Gasteiger partial charge in [0, 0.05) is 19.5 Å². The van der Waals surface area contributed by atoms with E-state index in [0.29, 0.717) is 25.4 Å². The standard InChI is InChI=1S/C8H13N3O.ClH/c9-4-1-7-2-5-11(6-3-7)8(10)12;/h7H,1-3,5-6H2,(H2,10,12);1H. The predicted octanol–water partition coefficient (Wildman–Crippen LogP) is 1.11. The highest BCUT2D eigenvalue weighted by Crippen LogP contribution is 2.19. The Morgan fingerprint density at radius 2 is 2.08 bits per heavy atom. The van der Waals surface area contributed by atoms with E-state index in [0.717, 1.165) is 12.8 Å². The van der Waals surface area contributed by atoms with Crippen LogP contribution in [0.1, 0.15) is 19.3 Å². The van der Waals surface area contributed by atoms with Crippen molar-refractivity contribution in [2.75, 3.05) is 13.1 Å². The minimum atomic E-state index is -0.342. The summed E-state index contributed by atoms with van der Waals surface area (Å²) in [7, 11) is 0. The van der Waals surface area contributed by atoms with Gasteiger partial charge in [0.2, 0.25) is 0 Å². The largest absolute Gasteiger partial charge is 0.351 e. The van der Waals surface area contributed by atoms with Crippen LogP contribution in [0.5, 0.6) is 0 Å². The van der Waals surface area contributed by atoms with Gasteiger partial charge in [-0.25, -0.2) is 4.79 Å². The van der Waals surface area contributed by atoms with Gasteiger partial charge in [0.05, 0.1) is 6.07 Å². The molecule has 0 saturated carbocycles. The highest BCUT2D eigenvalue weighted by atomic mass is 35.5. The maximum absolute atomic E-state index is 10.7. The maximum atomic E-state index is 10.7. The molecule has 1 aliphatic heterocycles. The summed E-state index contributed by atoms with van der Waals surface area (Å²) in [5, 5.41) is 8.44. The molecule has 2 amide bonds. The monoisotopic (exact) mass is 203 g/mol. The van der Waals surface area contributed by atoms with Gasteiger partial charge in [0.25, 0.3) is 0 Å². The van der Waals surface area contributed by atoms with Crippen molar-refractivity contribution in [3.63, 3.8) is 0 Å². The van der Waals surface area contributed by atoms with Crippen LogP contribution in [0.3, 0.4) is 0 Å². The van der Waals surface area contributed by atoms with Crippen molar-refractivity contribution in [2.24, 2.45) is 11.7 Å². The Hall–Kier alpha value is -0.950. The molecule has 0 atom stereocenters. The maximum Gasteiger partial charge on any atom is 0.314 e. The number of primary amides is 1. The number of urea groups is 1. The first-order chi connectivity index (χ1) is 5.74. The first kappa shape index (κ1) is 12.0. The molecule has 0 aliphatic carbocycles. The smallest absolute Gasteiger partial charge is 0.314 e. The molecule has 1 heterocycles. The SMILES string of the molecule is Cl.N#CCC1CCN(C(N)=O)CC1. The molecule has 0 spiro atoms. The number of likely N-dealkylation sites (tertiary alicyclic amines) is 1. The summed E-state index contributed by atoms with van der Waals surface area (Å²) >= 11 is 0. The van der Waals surface area contributed by atoms with Crippen molar-refractivity contribution in [1.82, 2.24) is 4.90 Å². The van der Waals surface area contributed by atoms with Gasteiger partial charge in [-0.2, -0.15) is 5.26 Å². The van der Waals surface area contributed by atoms with Crippen molar-refractivity contribution >= 4 is 18.4 Å². The zero-order valence-electron chi connectivity index (χ0n) is 7.40. The average molecular weight is 204 g/mol. The Morgan fingerprint density at radius 3 is 2.46 bits per heavy atom. The van der Waals surface area contributed by atoms with Crippen molar-refractivity contribution < 1.29 is 4.79 Å². The van der Waals surface area contributed by atoms with Gasteiger partial charge in [-0.1, -0.05) is 0 Å². The molecule has 0 radical (unpaired) electrons. The minimum Gasteiger partial charge on any atom is -0.351 e. The molecular formula is C8H14ClN3O. The quantitative estimate of drug-likeness (QED) is 0.694. The first-order valence-corrected chi connectivity index (χ1v) is 4.15. The highest BCUT2D eigenvalue weighted by Gasteiger charge is 2.20. The lowest BCUT2D eigenvalue weighted by atomic mass is 9.94. The second-order valence-corrected chi connectivity index (χ2v) is 3.13. The molecule has 0 aromatic carbocycles. The number of nitrogens with two attached hydrogens (primary N) is 1. The summed E-state index contributed by atoms with van der Waals surface area (Å²) in [4.78, 5) is 12.3. The van der Waals surface area contributed by atoms with E-state index < -0.39 is 0 Å². The molecule has 0 aromatic heterocycles. The third kappa shape index (κ3) is 3.51. The van der Waals surface area contributed by atoms with Crippen LogP contribution < -0.4 is 5.73 Å². The lowest BCUT2D eigenvalue weighted by Crippen LogP contribution is -2.41. The van der Waals surface area contributed by atoms with Gasteiger partial charge in [-0.3, -0.25) is 0 Å². The fourth-order valence-electron chi connectivity index (χ4n) is 1.49. The number of hydrogen-bond donors (Lipinski definition) is 1. The Kier molecular flexibility index (Phi) is 5.24. The second-order valence-electron chi connectivity index (χ2n) is 3.13. The van der Waals surface area contributed by atoms with Gasteiger partial charge in [0.1, 0.15) is 0 Å². The Bertz CT molecular complexity index is 206. The lowest BCUT2D eigenvalue weighted by Gasteiger charge is -2.29. The molecule has 2 N–H and O–H groups in total. The van der Waals surface area contributed by atoms with Crippen LogP contribution in [0, 0.1) is 17.2 Å². The van der Waals surface area contributed by atoms with Crippen LogP contribution in [0.2, 0.25) is 0 Å². The van der Waals surface area contributed by atoms with E-state index in [1.165, 1.54) is 0 Å². The molecule has 1 fully saturated rings. The number of amides is 2. The summed E-state index contributed by atoms with van der Waals surface area (Å²) in [6.07, 6.45) is 2.43. The topological polar surface area (TPSA) is 70.1 Å². The number of carbonyl (C=O) groups is 1. The second kappa shape index (κ2) is 5.65. The number of nitriles is 1. The van der Waals surface area contributed by atoms with E-state index in [9.17, 15) is 4.79 Å². The Balaban J connectivity index is 0.00000144. The van der Waals surface area contributed by atoms with Gasteiger partial charge >= 0.3 is 6.03 Å². The summed E-state index contributed by atoms with van der Waals surface area (Å²) in [6.45, 7) is 1.42. The third-order valence-electron chi connectivity index (χ3n) is 2.31. The number of hydrogen-bond acceptors (Lipinski definition) is 2. The third-order valence-corrected chi connectivity index (χ3v) is 2.31. The van der Waals surface area contributed by atoms with Crippen LogP contribution in [-0.4, -0.2) is 24.0 Å². The van der Waals surface area contributed by atoms with Crippen molar-refractivity contribution in [1.29, 1.82) is 5.26 Å². The summed E-state index contributed by atoms with van der Waals surface area (Å²) in [5.74, 6) is 0.464. The molecule has 13 heavy (non-hydrogen) atoms. The molecule has 4 nitrogen and oxygen atoms in total. The van der Waals surface area contributed by atoms with Gasteiger partial charge in [-0.15, -0.1) is 12.4 Å². The van der Waals surface area contributed by atoms with Gasteiger partial charge < -0.3 is 10.6 Å². The van der Waals surface area contributed by atoms with E-state index in [4.69, 9.17) is 11.0 Å². The van der Waals surface area contributed by atoms with Crippen LogP contribution in [0.15, 0.2) is 0 Å². The fourth-order valence-corrected chi connectivity index (χ4v) is 1.49. The van der Waals surface area contributed by atoms with E-state index in [1.807, 2.05) is 0 Å². The minimum absolute atomic E-state index is 0. The van der Waals surface area contributed by atoms with Crippen LogP contribution in [0.25, 0.3) is 0 Å². The normalized spacial score (nSPS) is 17.3. The fraction of sp³-hybridized carbons (Fsp3) is 0.750. The van der Waals surface area contributed by atoms with E-state index in [2.05, 4.69) is 6.07 Å². The lowest BCUT2D eigenvalue weighted by molar-refractivity contribution is 0.180. The summed E-state index contributed by atoms with van der Waals surface area (Å²) in [6, 6.07) is 1.80. The molecule has 0 bridgehead atoms. The molecule has 0 aromatic rings. The Labute approximate surface area is 84.1 Å². The number of nitrogens with zero attached hydrogens (tertiary/aromatic N) is 2. The average Bonchev–Trinajstić information content (AvgIpc) is 2.06. The van der Waals surface area contributed by atoms with Crippen molar-refractivity contribution in [3.8, 4) is 6.07 Å². The van der Waals surface area contributed by atoms with Crippen molar-refractivity contribution in [2.45, 2.75) is 19.3 Å². The van der Waals surface area contributed by atoms with E-state index in [1.54, 1.807) is 4.90 Å². The molecule has 0 unspecified atom stereocenters. The van der Waals surface area contributed by atoms with Crippen molar-refractivity contribution in [3.05, 3.63) is 0 Å². The zero-order chi connectivity index (χ0) is 8.97. The number of rotatable bonds is 1. The van der Waals surface area contributed by atoms with E-state index in [-0.39, 0.29) is 18.4 Å². The summed E-state index contributed by atoms with van der Waals surface area (Å²) in [5.41, 5.74) is 5.11. The number of piperidine rings is 1. The zero-order valence-corrected chi connectivity index (χ0v) is 8.22. The predicted molar refractivity (Wildman–Crippen MR) is 51.4 cm³/mol. The Morgan fingerprint density at radius 1 is 1.54 bits per heavy atom. The molecule has 74 valence electrons. The highest BCUT2D eigenvalue weighted by molar-refractivity contribution is 5.85. The molecular weight excluding hydrogens is 190 g/mol. The molecule has 1 rings (SSSR count). The molecule has 1 saturated heterocycles. The number of carbonyl (C=O) groups excluding carboxylic acids is 1. The van der Waals surface area contributed by atoms with Crippen LogP contribution in [0.4, 0.5) is 4.79 Å². The van der Waals surface area contributed by atoms with E-state index >= 15 is 0 Å². The van der Waals surface area contributed by atoms with Gasteiger partial charge in [-0.05, 0) is 18.8 Å². The van der Waals surface area contributed by atoms with Crippen LogP contribution in [-0.2, 0) is 0 Å². The molecule has 1 aliphatic rings. The van der Waals surface area contributed by atoms with Gasteiger partial charge in [0.15, 0.2) is 0 Å². The molecule has 5 heteroatoms. The van der Waals surface area contributed by atoms with Crippen LogP contribution >= 0.6 is 12.4 Å².